The molecule has 0 saturated heterocycles. The predicted octanol–water partition coefficient (Wildman–Crippen LogP) is 2.75. The molecule has 0 atom stereocenters. The summed E-state index contributed by atoms with van der Waals surface area (Å²) in [5.41, 5.74) is 5.27. The fourth-order valence-electron chi connectivity index (χ4n) is 2.51. The number of imidazole rings is 1. The Balaban J connectivity index is 2.13. The van der Waals surface area contributed by atoms with E-state index < -0.39 is 0 Å². The highest BCUT2D eigenvalue weighted by atomic mass is 14.9. The number of aromatic nitrogens is 2. The molecule has 0 fully saturated rings. The van der Waals surface area contributed by atoms with Gasteiger partial charge in [0.1, 0.15) is 11.9 Å². The number of nitriles is 1. The number of rotatable bonds is 1. The van der Waals surface area contributed by atoms with Crippen LogP contribution in [0, 0.1) is 18.3 Å². The second kappa shape index (κ2) is 3.74. The lowest BCUT2D eigenvalue weighted by atomic mass is 10.0. The summed E-state index contributed by atoms with van der Waals surface area (Å²) in [6, 6.07) is 8.59. The lowest BCUT2D eigenvalue weighted by Gasteiger charge is -2.03. The zero-order chi connectivity index (χ0) is 11.8. The normalized spacial score (nSPS) is 13.4. The van der Waals surface area contributed by atoms with Crippen LogP contribution in [0.5, 0.6) is 0 Å². The van der Waals surface area contributed by atoms with E-state index in [0.717, 1.165) is 23.5 Å². The minimum atomic E-state index is 0.487. The van der Waals surface area contributed by atoms with Crippen LogP contribution in [-0.4, -0.2) is 9.97 Å². The van der Waals surface area contributed by atoms with Crippen LogP contribution in [0.15, 0.2) is 18.2 Å². The van der Waals surface area contributed by atoms with Crippen LogP contribution in [0.3, 0.4) is 0 Å². The number of hydrogen-bond acceptors (Lipinski definition) is 2. The third-order valence-corrected chi connectivity index (χ3v) is 3.32. The van der Waals surface area contributed by atoms with E-state index in [-0.39, 0.29) is 0 Å². The summed E-state index contributed by atoms with van der Waals surface area (Å²) in [6.07, 6.45) is 3.58. The van der Waals surface area contributed by atoms with Crippen molar-refractivity contribution in [1.82, 2.24) is 9.97 Å². The molecular formula is C14H13N3. The van der Waals surface area contributed by atoms with Gasteiger partial charge in [-0.3, -0.25) is 0 Å². The van der Waals surface area contributed by atoms with E-state index in [1.807, 2.05) is 6.92 Å². The van der Waals surface area contributed by atoms with E-state index in [4.69, 9.17) is 5.26 Å². The maximum absolute atomic E-state index is 9.05. The van der Waals surface area contributed by atoms with Gasteiger partial charge in [0, 0.05) is 5.56 Å². The standard InChI is InChI=1S/C14H13N3/c1-9-16-13(8-15)14(17-9)12-6-5-10-3-2-4-11(10)7-12/h5-7H,2-4H2,1H3,(H,16,17). The SMILES string of the molecule is Cc1nc(C#N)c(-c2ccc3c(c2)CCC3)[nH]1. The van der Waals surface area contributed by atoms with E-state index >= 15 is 0 Å². The molecule has 2 aromatic rings. The molecule has 1 aromatic heterocycles. The van der Waals surface area contributed by atoms with Gasteiger partial charge in [0.15, 0.2) is 5.69 Å². The second-order valence-electron chi connectivity index (χ2n) is 4.49. The predicted molar refractivity (Wildman–Crippen MR) is 65.5 cm³/mol. The Morgan fingerprint density at radius 2 is 2.12 bits per heavy atom. The lowest BCUT2D eigenvalue weighted by Crippen LogP contribution is -1.87. The molecule has 0 aliphatic heterocycles. The molecule has 0 radical (unpaired) electrons. The summed E-state index contributed by atoms with van der Waals surface area (Å²) in [7, 11) is 0. The monoisotopic (exact) mass is 223 g/mol. The Bertz CT molecular complexity index is 617. The van der Waals surface area contributed by atoms with Gasteiger partial charge in [-0.25, -0.2) is 4.98 Å². The van der Waals surface area contributed by atoms with Crippen LogP contribution in [-0.2, 0) is 12.8 Å². The maximum Gasteiger partial charge on any atom is 0.166 e. The van der Waals surface area contributed by atoms with Crippen molar-refractivity contribution in [3.05, 3.63) is 40.8 Å². The van der Waals surface area contributed by atoms with Gasteiger partial charge in [0.2, 0.25) is 0 Å². The molecule has 1 aliphatic rings. The number of fused-ring (bicyclic) bond motifs is 1. The molecular weight excluding hydrogens is 210 g/mol. The van der Waals surface area contributed by atoms with E-state index in [9.17, 15) is 0 Å². The first kappa shape index (κ1) is 10.1. The lowest BCUT2D eigenvalue weighted by molar-refractivity contribution is 0.912. The first-order valence-electron chi connectivity index (χ1n) is 5.87. The van der Waals surface area contributed by atoms with E-state index in [2.05, 4.69) is 34.2 Å². The van der Waals surface area contributed by atoms with Crippen molar-refractivity contribution in [2.75, 3.05) is 0 Å². The first-order valence-corrected chi connectivity index (χ1v) is 5.87. The molecule has 84 valence electrons. The second-order valence-corrected chi connectivity index (χ2v) is 4.49. The Hall–Kier alpha value is -2.08. The average molecular weight is 223 g/mol. The molecule has 1 aliphatic carbocycles. The number of nitrogens with one attached hydrogen (secondary N) is 1. The van der Waals surface area contributed by atoms with Crippen molar-refractivity contribution in [2.45, 2.75) is 26.2 Å². The molecule has 3 nitrogen and oxygen atoms in total. The summed E-state index contributed by atoms with van der Waals surface area (Å²) in [6.45, 7) is 1.87. The van der Waals surface area contributed by atoms with Gasteiger partial charge >= 0.3 is 0 Å². The molecule has 0 unspecified atom stereocenters. The van der Waals surface area contributed by atoms with Gasteiger partial charge in [-0.2, -0.15) is 5.26 Å². The molecule has 0 spiro atoms. The molecule has 3 rings (SSSR count). The molecule has 3 heteroatoms. The zero-order valence-electron chi connectivity index (χ0n) is 9.75. The van der Waals surface area contributed by atoms with Gasteiger partial charge in [-0.05, 0) is 43.4 Å². The zero-order valence-corrected chi connectivity index (χ0v) is 9.75. The third-order valence-electron chi connectivity index (χ3n) is 3.32. The molecule has 0 bridgehead atoms. The number of H-pyrrole nitrogens is 1. The van der Waals surface area contributed by atoms with Crippen molar-refractivity contribution >= 4 is 0 Å². The largest absolute Gasteiger partial charge is 0.341 e. The van der Waals surface area contributed by atoms with Crippen LogP contribution in [0.2, 0.25) is 0 Å². The highest BCUT2D eigenvalue weighted by molar-refractivity contribution is 5.66. The molecule has 1 heterocycles. The van der Waals surface area contributed by atoms with Crippen LogP contribution >= 0.6 is 0 Å². The minimum absolute atomic E-state index is 0.487. The van der Waals surface area contributed by atoms with E-state index in [0.29, 0.717) is 5.69 Å². The third kappa shape index (κ3) is 1.62. The van der Waals surface area contributed by atoms with Crippen molar-refractivity contribution in [3.63, 3.8) is 0 Å². The fraction of sp³-hybridized carbons (Fsp3) is 0.286. The fourth-order valence-corrected chi connectivity index (χ4v) is 2.51. The highest BCUT2D eigenvalue weighted by Crippen LogP contribution is 2.28. The Kier molecular flexibility index (Phi) is 2.22. The summed E-state index contributed by atoms with van der Waals surface area (Å²) in [5, 5.41) is 9.05. The topological polar surface area (TPSA) is 52.5 Å². The van der Waals surface area contributed by atoms with Crippen molar-refractivity contribution in [1.29, 1.82) is 5.26 Å². The summed E-state index contributed by atoms with van der Waals surface area (Å²) in [4.78, 5) is 7.35. The molecule has 17 heavy (non-hydrogen) atoms. The molecule has 1 N–H and O–H groups in total. The van der Waals surface area contributed by atoms with Gasteiger partial charge in [-0.1, -0.05) is 12.1 Å². The van der Waals surface area contributed by atoms with Crippen LogP contribution in [0.1, 0.15) is 29.1 Å². The first-order chi connectivity index (χ1) is 8.28. The number of aryl methyl sites for hydroxylation is 3. The quantitative estimate of drug-likeness (QED) is 0.808. The van der Waals surface area contributed by atoms with Crippen molar-refractivity contribution in [3.8, 4) is 17.3 Å². The number of nitrogens with zero attached hydrogens (tertiary/aromatic N) is 2. The van der Waals surface area contributed by atoms with Gasteiger partial charge in [0.25, 0.3) is 0 Å². The van der Waals surface area contributed by atoms with Crippen molar-refractivity contribution in [2.24, 2.45) is 0 Å². The minimum Gasteiger partial charge on any atom is -0.341 e. The highest BCUT2D eigenvalue weighted by Gasteiger charge is 2.14. The smallest absolute Gasteiger partial charge is 0.166 e. The Morgan fingerprint density at radius 3 is 2.94 bits per heavy atom. The summed E-state index contributed by atoms with van der Waals surface area (Å²) >= 11 is 0. The van der Waals surface area contributed by atoms with E-state index in [1.165, 1.54) is 24.0 Å². The maximum atomic E-state index is 9.05. The summed E-state index contributed by atoms with van der Waals surface area (Å²) < 4.78 is 0. The Morgan fingerprint density at radius 1 is 1.29 bits per heavy atom. The average Bonchev–Trinajstić information content (AvgIpc) is 2.93. The number of benzene rings is 1. The van der Waals surface area contributed by atoms with Gasteiger partial charge in [0.05, 0.1) is 5.69 Å². The number of aromatic amines is 1. The molecule has 0 amide bonds. The molecule has 0 saturated carbocycles. The number of hydrogen-bond donors (Lipinski definition) is 1. The summed E-state index contributed by atoms with van der Waals surface area (Å²) in [5.74, 6) is 0.789. The van der Waals surface area contributed by atoms with Crippen LogP contribution < -0.4 is 0 Å². The van der Waals surface area contributed by atoms with Gasteiger partial charge in [-0.15, -0.1) is 0 Å². The van der Waals surface area contributed by atoms with E-state index in [1.54, 1.807) is 0 Å². The van der Waals surface area contributed by atoms with Crippen molar-refractivity contribution < 1.29 is 0 Å². The van der Waals surface area contributed by atoms with Crippen LogP contribution in [0.25, 0.3) is 11.3 Å². The molecule has 1 aromatic carbocycles. The van der Waals surface area contributed by atoms with Crippen LogP contribution in [0.4, 0.5) is 0 Å². The Labute approximate surface area is 100 Å². The van der Waals surface area contributed by atoms with Gasteiger partial charge < -0.3 is 4.98 Å².